The van der Waals surface area contributed by atoms with Crippen LogP contribution in [0.2, 0.25) is 0 Å². The van der Waals surface area contributed by atoms with Gasteiger partial charge in [-0.2, -0.15) is 5.26 Å². The lowest BCUT2D eigenvalue weighted by molar-refractivity contribution is 0.0997. The van der Waals surface area contributed by atoms with Gasteiger partial charge in [-0.1, -0.05) is 0 Å². The fourth-order valence-electron chi connectivity index (χ4n) is 3.66. The molecule has 0 bridgehead atoms. The molecule has 3 aromatic rings. The standard InChI is InChI=1S/C24H20F2N4O3/c25-16-2-7-21(20(26)11-16)32-17-3-5-18(6-4-17)33-23-19(22(28)31)10-15(12-30-23)24(13-27)8-1-9-29-14-24/h2-7,10-12,29H,1,8-9,14H2,(H2,28,31)/t24-/m0/s1. The maximum Gasteiger partial charge on any atom is 0.254 e. The molecule has 1 amide bonds. The molecule has 0 spiro atoms. The molecule has 2 heterocycles. The smallest absolute Gasteiger partial charge is 0.254 e. The third kappa shape index (κ3) is 4.76. The Labute approximate surface area is 188 Å². The number of carbonyl (C=O) groups excluding carboxylic acids is 1. The van der Waals surface area contributed by atoms with Crippen molar-refractivity contribution in [3.05, 3.63) is 77.5 Å². The Morgan fingerprint density at radius 3 is 2.45 bits per heavy atom. The number of pyridine rings is 1. The van der Waals surface area contributed by atoms with Gasteiger partial charge in [0.15, 0.2) is 11.6 Å². The number of primary amides is 1. The second-order valence-corrected chi connectivity index (χ2v) is 7.67. The summed E-state index contributed by atoms with van der Waals surface area (Å²) in [5.41, 5.74) is 5.41. The number of nitrogens with one attached hydrogen (secondary N) is 1. The lowest BCUT2D eigenvalue weighted by atomic mass is 9.76. The van der Waals surface area contributed by atoms with Gasteiger partial charge in [-0.3, -0.25) is 4.79 Å². The van der Waals surface area contributed by atoms with Crippen molar-refractivity contribution < 1.29 is 23.0 Å². The Bertz CT molecular complexity index is 1220. The number of carbonyl (C=O) groups is 1. The predicted octanol–water partition coefficient (Wildman–Crippen LogP) is 4.19. The second-order valence-electron chi connectivity index (χ2n) is 7.67. The zero-order chi connectivity index (χ0) is 23.4. The number of halogens is 2. The first kappa shape index (κ1) is 22.2. The third-order valence-electron chi connectivity index (χ3n) is 5.43. The molecule has 2 aromatic carbocycles. The fourth-order valence-corrected chi connectivity index (χ4v) is 3.66. The van der Waals surface area contributed by atoms with Crippen LogP contribution >= 0.6 is 0 Å². The van der Waals surface area contributed by atoms with E-state index in [1.54, 1.807) is 18.2 Å². The number of rotatable bonds is 6. The molecule has 3 N–H and O–H groups in total. The van der Waals surface area contributed by atoms with Gasteiger partial charge in [-0.25, -0.2) is 13.8 Å². The summed E-state index contributed by atoms with van der Waals surface area (Å²) in [7, 11) is 0. The number of nitrogens with two attached hydrogens (primary N) is 1. The highest BCUT2D eigenvalue weighted by Crippen LogP contribution is 2.34. The molecular weight excluding hydrogens is 430 g/mol. The predicted molar refractivity (Wildman–Crippen MR) is 115 cm³/mol. The van der Waals surface area contributed by atoms with Crippen molar-refractivity contribution >= 4 is 5.91 Å². The maximum absolute atomic E-state index is 13.8. The molecular formula is C24H20F2N4O3. The normalized spacial score (nSPS) is 17.7. The van der Waals surface area contributed by atoms with Crippen molar-refractivity contribution in [2.45, 2.75) is 18.3 Å². The highest BCUT2D eigenvalue weighted by atomic mass is 19.1. The summed E-state index contributed by atoms with van der Waals surface area (Å²) in [4.78, 5) is 16.3. The number of hydrogen-bond donors (Lipinski definition) is 2. The van der Waals surface area contributed by atoms with Crippen LogP contribution in [0.25, 0.3) is 0 Å². The van der Waals surface area contributed by atoms with Crippen molar-refractivity contribution in [3.63, 3.8) is 0 Å². The number of aromatic nitrogens is 1. The number of ether oxygens (including phenoxy) is 2. The van der Waals surface area contributed by atoms with Crippen LogP contribution in [0.3, 0.4) is 0 Å². The van der Waals surface area contributed by atoms with E-state index < -0.39 is 23.0 Å². The molecule has 0 radical (unpaired) electrons. The van der Waals surface area contributed by atoms with Crippen molar-refractivity contribution in [2.24, 2.45) is 5.73 Å². The summed E-state index contributed by atoms with van der Waals surface area (Å²) in [6.07, 6.45) is 2.99. The lowest BCUT2D eigenvalue weighted by Gasteiger charge is -2.31. The van der Waals surface area contributed by atoms with Crippen LogP contribution in [0.4, 0.5) is 8.78 Å². The summed E-state index contributed by atoms with van der Waals surface area (Å²) in [6, 6.07) is 13.0. The van der Waals surface area contributed by atoms with Crippen LogP contribution in [0.1, 0.15) is 28.8 Å². The molecule has 7 nitrogen and oxygen atoms in total. The van der Waals surface area contributed by atoms with E-state index in [0.29, 0.717) is 30.0 Å². The first-order valence-electron chi connectivity index (χ1n) is 10.2. The van der Waals surface area contributed by atoms with Crippen LogP contribution < -0.4 is 20.5 Å². The molecule has 1 fully saturated rings. The van der Waals surface area contributed by atoms with Crippen LogP contribution in [0, 0.1) is 23.0 Å². The molecule has 1 atom stereocenters. The summed E-state index contributed by atoms with van der Waals surface area (Å²) < 4.78 is 38.0. The number of benzene rings is 2. The molecule has 0 saturated carbocycles. The summed E-state index contributed by atoms with van der Waals surface area (Å²) in [6.45, 7) is 1.29. The quantitative estimate of drug-likeness (QED) is 0.583. The van der Waals surface area contributed by atoms with Crippen molar-refractivity contribution in [1.82, 2.24) is 10.3 Å². The number of nitrogens with zero attached hydrogens (tertiary/aromatic N) is 2. The molecule has 1 aliphatic heterocycles. The van der Waals surface area contributed by atoms with Gasteiger partial charge in [0, 0.05) is 18.8 Å². The van der Waals surface area contributed by atoms with E-state index in [-0.39, 0.29) is 17.2 Å². The van der Waals surface area contributed by atoms with Crippen LogP contribution in [0.15, 0.2) is 54.7 Å². The largest absolute Gasteiger partial charge is 0.454 e. The number of amides is 1. The third-order valence-corrected chi connectivity index (χ3v) is 5.43. The summed E-state index contributed by atoms with van der Waals surface area (Å²) in [5.74, 6) is -1.75. The molecule has 168 valence electrons. The van der Waals surface area contributed by atoms with Crippen LogP contribution in [-0.2, 0) is 5.41 Å². The van der Waals surface area contributed by atoms with Gasteiger partial charge in [0.25, 0.3) is 5.91 Å². The molecule has 0 aliphatic carbocycles. The van der Waals surface area contributed by atoms with Gasteiger partial charge in [-0.15, -0.1) is 0 Å². The summed E-state index contributed by atoms with van der Waals surface area (Å²) in [5, 5.41) is 13.0. The topological polar surface area (TPSA) is 110 Å². The zero-order valence-electron chi connectivity index (χ0n) is 17.5. The van der Waals surface area contributed by atoms with Crippen molar-refractivity contribution in [2.75, 3.05) is 13.1 Å². The van der Waals surface area contributed by atoms with E-state index in [9.17, 15) is 18.8 Å². The summed E-state index contributed by atoms with van der Waals surface area (Å²) >= 11 is 0. The highest BCUT2D eigenvalue weighted by molar-refractivity contribution is 5.95. The van der Waals surface area contributed by atoms with Crippen molar-refractivity contribution in [1.29, 1.82) is 5.26 Å². The Kier molecular flexibility index (Phi) is 6.20. The van der Waals surface area contributed by atoms with Crippen molar-refractivity contribution in [3.8, 4) is 29.2 Å². The highest BCUT2D eigenvalue weighted by Gasteiger charge is 2.35. The molecule has 0 unspecified atom stereocenters. The SMILES string of the molecule is N#C[C@@]1(c2cnc(Oc3ccc(Oc4ccc(F)cc4F)cc3)c(C(N)=O)c2)CCCNC1. The maximum atomic E-state index is 13.8. The van der Waals surface area contributed by atoms with Gasteiger partial charge >= 0.3 is 0 Å². The molecule has 1 aromatic heterocycles. The Morgan fingerprint density at radius 1 is 1.12 bits per heavy atom. The minimum absolute atomic E-state index is 0.00126. The van der Waals surface area contributed by atoms with E-state index >= 15 is 0 Å². The fraction of sp³-hybridized carbons (Fsp3) is 0.208. The second kappa shape index (κ2) is 9.22. The van der Waals surface area contributed by atoms with E-state index in [4.69, 9.17) is 15.2 Å². The number of hydrogen-bond acceptors (Lipinski definition) is 6. The van der Waals surface area contributed by atoms with E-state index in [1.807, 2.05) is 0 Å². The van der Waals surface area contributed by atoms with Gasteiger partial charge in [-0.05, 0) is 67.4 Å². The minimum Gasteiger partial charge on any atom is -0.454 e. The Morgan fingerprint density at radius 2 is 1.85 bits per heavy atom. The average Bonchev–Trinajstić information content (AvgIpc) is 2.82. The monoisotopic (exact) mass is 450 g/mol. The molecule has 33 heavy (non-hydrogen) atoms. The molecule has 9 heteroatoms. The number of nitriles is 1. The number of piperidine rings is 1. The first-order valence-corrected chi connectivity index (χ1v) is 10.2. The van der Waals surface area contributed by atoms with Gasteiger partial charge in [0.05, 0.1) is 11.5 Å². The van der Waals surface area contributed by atoms with Crippen LogP contribution in [0.5, 0.6) is 23.1 Å². The van der Waals surface area contributed by atoms with E-state index in [2.05, 4.69) is 16.4 Å². The van der Waals surface area contributed by atoms with Gasteiger partial charge < -0.3 is 20.5 Å². The average molecular weight is 450 g/mol. The molecule has 1 saturated heterocycles. The van der Waals surface area contributed by atoms with E-state index in [0.717, 1.165) is 25.1 Å². The first-order chi connectivity index (χ1) is 15.9. The van der Waals surface area contributed by atoms with Crippen LogP contribution in [-0.4, -0.2) is 24.0 Å². The minimum atomic E-state index is -0.825. The Balaban J connectivity index is 1.54. The van der Waals surface area contributed by atoms with E-state index in [1.165, 1.54) is 24.4 Å². The lowest BCUT2D eigenvalue weighted by Crippen LogP contribution is -2.42. The molecule has 1 aliphatic rings. The van der Waals surface area contributed by atoms with Gasteiger partial charge in [0.1, 0.15) is 22.9 Å². The van der Waals surface area contributed by atoms with Gasteiger partial charge in [0.2, 0.25) is 5.88 Å². The molecule has 4 rings (SSSR count). The zero-order valence-corrected chi connectivity index (χ0v) is 17.5. The Hall–Kier alpha value is -4.03.